The lowest BCUT2D eigenvalue weighted by atomic mass is 10.1. The van der Waals surface area contributed by atoms with E-state index in [1.807, 2.05) is 12.1 Å². The van der Waals surface area contributed by atoms with E-state index in [4.69, 9.17) is 11.2 Å². The van der Waals surface area contributed by atoms with Crippen molar-refractivity contribution in [1.29, 1.82) is 0 Å². The summed E-state index contributed by atoms with van der Waals surface area (Å²) >= 11 is 7.06. The highest BCUT2D eigenvalue weighted by Crippen LogP contribution is 2.35. The summed E-state index contributed by atoms with van der Waals surface area (Å²) in [5.41, 5.74) is 4.78. The molecule has 0 radical (unpaired) electrons. The van der Waals surface area contributed by atoms with Crippen LogP contribution in [0.1, 0.15) is 16.7 Å². The number of anilines is 1. The second kappa shape index (κ2) is 7.71. The summed E-state index contributed by atoms with van der Waals surface area (Å²) in [7, 11) is 0. The molecule has 0 fully saturated rings. The Kier molecular flexibility index (Phi) is 5.93. The molecule has 2 aromatic rings. The molecule has 2 aromatic carbocycles. The van der Waals surface area contributed by atoms with Crippen LogP contribution in [0, 0.1) is 26.2 Å². The van der Waals surface area contributed by atoms with Crippen molar-refractivity contribution in [2.45, 2.75) is 20.4 Å². The topological polar surface area (TPSA) is 21.3 Å². The first-order chi connectivity index (χ1) is 10.5. The maximum absolute atomic E-state index is 5.52. The van der Waals surface area contributed by atoms with Crippen LogP contribution in [0.15, 0.2) is 39.3 Å². The van der Waals surface area contributed by atoms with Crippen molar-refractivity contribution < 1.29 is 4.74 Å². The predicted octanol–water partition coefficient (Wildman–Crippen LogP) is 5.45. The normalized spacial score (nSPS) is 10.1. The average molecular weight is 423 g/mol. The van der Waals surface area contributed by atoms with Gasteiger partial charge in [0.1, 0.15) is 12.4 Å². The zero-order valence-electron chi connectivity index (χ0n) is 12.5. The molecule has 0 amide bonds. The number of hydrogen-bond donors (Lipinski definition) is 1. The molecule has 0 saturated carbocycles. The molecule has 4 heteroatoms. The smallest absolute Gasteiger partial charge is 0.149 e. The van der Waals surface area contributed by atoms with Crippen molar-refractivity contribution in [3.63, 3.8) is 0 Å². The Morgan fingerprint density at radius 1 is 1.14 bits per heavy atom. The van der Waals surface area contributed by atoms with Gasteiger partial charge >= 0.3 is 0 Å². The number of benzene rings is 2. The molecule has 0 saturated heterocycles. The van der Waals surface area contributed by atoms with Gasteiger partial charge in [-0.1, -0.05) is 18.1 Å². The third-order valence-corrected chi connectivity index (χ3v) is 4.41. The Bertz CT molecular complexity index is 697. The molecule has 0 bridgehead atoms. The molecule has 2 nitrogen and oxygen atoms in total. The van der Waals surface area contributed by atoms with Gasteiger partial charge in [-0.2, -0.15) is 0 Å². The van der Waals surface area contributed by atoms with Crippen molar-refractivity contribution in [2.24, 2.45) is 0 Å². The number of ether oxygens (including phenoxy) is 1. The second-order valence-corrected chi connectivity index (χ2v) is 6.76. The van der Waals surface area contributed by atoms with Crippen LogP contribution >= 0.6 is 31.9 Å². The first-order valence-corrected chi connectivity index (χ1v) is 8.45. The van der Waals surface area contributed by atoms with Gasteiger partial charge in [-0.05, 0) is 80.6 Å². The zero-order valence-corrected chi connectivity index (χ0v) is 15.7. The van der Waals surface area contributed by atoms with E-state index < -0.39 is 0 Å². The highest BCUT2D eigenvalue weighted by atomic mass is 79.9. The fourth-order valence-corrected chi connectivity index (χ4v) is 3.60. The van der Waals surface area contributed by atoms with Crippen molar-refractivity contribution in [3.05, 3.63) is 56.0 Å². The average Bonchev–Trinajstić information content (AvgIpc) is 2.47. The predicted molar refractivity (Wildman–Crippen MR) is 99.4 cm³/mol. The standard InChI is InChI=1S/C18H17Br2NO/c1-4-7-22-18-15(19)9-14(10-16(18)20)11-21-17-8-12(2)5-6-13(17)3/h1,5-6,8-10,21H,7,11H2,2-3H3. The first kappa shape index (κ1) is 16.9. The summed E-state index contributed by atoms with van der Waals surface area (Å²) in [6.45, 7) is 5.17. The molecule has 2 rings (SSSR count). The van der Waals surface area contributed by atoms with Crippen molar-refractivity contribution in [3.8, 4) is 18.1 Å². The van der Waals surface area contributed by atoms with Gasteiger partial charge in [0, 0.05) is 12.2 Å². The Labute approximate surface area is 148 Å². The summed E-state index contributed by atoms with van der Waals surface area (Å²) in [4.78, 5) is 0. The molecule has 1 N–H and O–H groups in total. The van der Waals surface area contributed by atoms with E-state index in [2.05, 4.69) is 75.1 Å². The van der Waals surface area contributed by atoms with Crippen molar-refractivity contribution >= 4 is 37.5 Å². The van der Waals surface area contributed by atoms with Gasteiger partial charge in [0.05, 0.1) is 8.95 Å². The molecule has 0 spiro atoms. The minimum atomic E-state index is 0.247. The number of halogens is 2. The number of rotatable bonds is 5. The number of nitrogens with one attached hydrogen (secondary N) is 1. The minimum absolute atomic E-state index is 0.247. The van der Waals surface area contributed by atoms with E-state index in [0.29, 0.717) is 0 Å². The lowest BCUT2D eigenvalue weighted by Crippen LogP contribution is -2.03. The zero-order chi connectivity index (χ0) is 16.1. The van der Waals surface area contributed by atoms with Crippen LogP contribution < -0.4 is 10.1 Å². The van der Waals surface area contributed by atoms with E-state index >= 15 is 0 Å². The Balaban J connectivity index is 2.14. The lowest BCUT2D eigenvalue weighted by molar-refractivity contribution is 0.365. The highest BCUT2D eigenvalue weighted by Gasteiger charge is 2.09. The fraction of sp³-hybridized carbons (Fsp3) is 0.222. The summed E-state index contributed by atoms with van der Waals surface area (Å²) in [5, 5.41) is 3.47. The van der Waals surface area contributed by atoms with Crippen LogP contribution in [0.2, 0.25) is 0 Å². The Morgan fingerprint density at radius 2 is 1.82 bits per heavy atom. The molecule has 22 heavy (non-hydrogen) atoms. The van der Waals surface area contributed by atoms with Gasteiger partial charge < -0.3 is 10.1 Å². The van der Waals surface area contributed by atoms with Gasteiger partial charge in [-0.15, -0.1) is 6.42 Å². The number of terminal acetylenes is 1. The lowest BCUT2D eigenvalue weighted by Gasteiger charge is -2.13. The molecule has 0 aliphatic heterocycles. The maximum atomic E-state index is 5.52. The Hall–Kier alpha value is -1.44. The van der Waals surface area contributed by atoms with E-state index in [9.17, 15) is 0 Å². The van der Waals surface area contributed by atoms with Gasteiger partial charge in [0.2, 0.25) is 0 Å². The molecule has 0 aliphatic carbocycles. The molecule has 0 aliphatic rings. The van der Waals surface area contributed by atoms with Crippen LogP contribution in [0.25, 0.3) is 0 Å². The van der Waals surface area contributed by atoms with Gasteiger partial charge in [0.15, 0.2) is 0 Å². The largest absolute Gasteiger partial charge is 0.479 e. The molecule has 114 valence electrons. The molecule has 0 atom stereocenters. The first-order valence-electron chi connectivity index (χ1n) is 6.86. The van der Waals surface area contributed by atoms with E-state index in [1.165, 1.54) is 11.1 Å². The van der Waals surface area contributed by atoms with Gasteiger partial charge in [-0.3, -0.25) is 0 Å². The van der Waals surface area contributed by atoms with Crippen LogP contribution in [0.5, 0.6) is 5.75 Å². The van der Waals surface area contributed by atoms with Crippen molar-refractivity contribution in [2.75, 3.05) is 11.9 Å². The summed E-state index contributed by atoms with van der Waals surface area (Å²) in [5.74, 6) is 3.20. The van der Waals surface area contributed by atoms with Gasteiger partial charge in [0.25, 0.3) is 0 Å². The van der Waals surface area contributed by atoms with Crippen LogP contribution in [0.3, 0.4) is 0 Å². The third-order valence-electron chi connectivity index (χ3n) is 3.23. The molecule has 0 heterocycles. The van der Waals surface area contributed by atoms with Crippen LogP contribution in [-0.2, 0) is 6.54 Å². The molecular formula is C18H17Br2NO. The monoisotopic (exact) mass is 421 g/mol. The number of aryl methyl sites for hydroxylation is 2. The highest BCUT2D eigenvalue weighted by molar-refractivity contribution is 9.11. The second-order valence-electron chi connectivity index (χ2n) is 5.05. The van der Waals surface area contributed by atoms with Crippen LogP contribution in [-0.4, -0.2) is 6.61 Å². The van der Waals surface area contributed by atoms with Gasteiger partial charge in [-0.25, -0.2) is 0 Å². The molecular weight excluding hydrogens is 406 g/mol. The SMILES string of the molecule is C#CCOc1c(Br)cc(CNc2cc(C)ccc2C)cc1Br. The van der Waals surface area contributed by atoms with Crippen molar-refractivity contribution in [1.82, 2.24) is 0 Å². The number of hydrogen-bond acceptors (Lipinski definition) is 2. The van der Waals surface area contributed by atoms with Crippen LogP contribution in [0.4, 0.5) is 5.69 Å². The van der Waals surface area contributed by atoms with E-state index in [0.717, 1.165) is 32.5 Å². The summed E-state index contributed by atoms with van der Waals surface area (Å²) < 4.78 is 7.29. The molecule has 0 unspecified atom stereocenters. The fourth-order valence-electron chi connectivity index (χ4n) is 2.09. The van der Waals surface area contributed by atoms with E-state index in [-0.39, 0.29) is 6.61 Å². The minimum Gasteiger partial charge on any atom is -0.479 e. The summed E-state index contributed by atoms with van der Waals surface area (Å²) in [6.07, 6.45) is 5.23. The molecule has 0 aromatic heterocycles. The third kappa shape index (κ3) is 4.28. The Morgan fingerprint density at radius 3 is 2.45 bits per heavy atom. The maximum Gasteiger partial charge on any atom is 0.149 e. The quantitative estimate of drug-likeness (QED) is 0.646. The summed E-state index contributed by atoms with van der Waals surface area (Å²) in [6, 6.07) is 10.5. The van der Waals surface area contributed by atoms with E-state index in [1.54, 1.807) is 0 Å².